The third-order valence-corrected chi connectivity index (χ3v) is 4.00. The average Bonchev–Trinajstić information content (AvgIpc) is 2.95. The van der Waals surface area contributed by atoms with Crippen molar-refractivity contribution in [1.29, 1.82) is 0 Å². The Morgan fingerprint density at radius 1 is 1.10 bits per heavy atom. The fraction of sp³-hybridized carbons (Fsp3) is 0.278. The number of aryl methyl sites for hydroxylation is 2. The number of nitrogens with two attached hydrogens (primary N) is 1. The third-order valence-electron chi connectivity index (χ3n) is 4.00. The van der Waals surface area contributed by atoms with Crippen molar-refractivity contribution in [2.45, 2.75) is 31.7 Å². The van der Waals surface area contributed by atoms with Crippen LogP contribution in [0.25, 0.3) is 0 Å². The molecule has 2 aromatic rings. The Morgan fingerprint density at radius 3 is 2.67 bits per heavy atom. The van der Waals surface area contributed by atoms with Gasteiger partial charge in [-0.2, -0.15) is 0 Å². The molecule has 3 rings (SSSR count). The maximum atomic E-state index is 12.2. The first-order valence-corrected chi connectivity index (χ1v) is 7.44. The van der Waals surface area contributed by atoms with Gasteiger partial charge < -0.3 is 11.1 Å². The van der Waals surface area contributed by atoms with E-state index in [4.69, 9.17) is 5.73 Å². The van der Waals surface area contributed by atoms with Gasteiger partial charge in [-0.25, -0.2) is 0 Å². The van der Waals surface area contributed by atoms with Gasteiger partial charge in [-0.15, -0.1) is 0 Å². The number of hydrogen-bond acceptors (Lipinski definition) is 2. The maximum absolute atomic E-state index is 12.2. The molecule has 1 atom stereocenters. The molecule has 3 nitrogen and oxygen atoms in total. The molecule has 21 heavy (non-hydrogen) atoms. The predicted octanol–water partition coefficient (Wildman–Crippen LogP) is 2.68. The number of benzene rings is 2. The summed E-state index contributed by atoms with van der Waals surface area (Å²) in [5, 5.41) is 2.93. The lowest BCUT2D eigenvalue weighted by Gasteiger charge is -2.13. The minimum absolute atomic E-state index is 0.128. The Hall–Kier alpha value is -2.13. The second-order valence-corrected chi connectivity index (χ2v) is 5.62. The highest BCUT2D eigenvalue weighted by Gasteiger charge is 2.16. The number of hydrogen-bond donors (Lipinski definition) is 2. The molecule has 0 bridgehead atoms. The summed E-state index contributed by atoms with van der Waals surface area (Å²) < 4.78 is 0. The maximum Gasteiger partial charge on any atom is 0.241 e. The molecule has 0 fully saturated rings. The highest BCUT2D eigenvalue weighted by molar-refractivity contribution is 5.95. The van der Waals surface area contributed by atoms with Crippen molar-refractivity contribution >= 4 is 11.6 Å². The molecule has 0 saturated carbocycles. The summed E-state index contributed by atoms with van der Waals surface area (Å²) in [6, 6.07) is 15.5. The second kappa shape index (κ2) is 6.10. The summed E-state index contributed by atoms with van der Waals surface area (Å²) in [6.07, 6.45) is 4.02. The van der Waals surface area contributed by atoms with Crippen LogP contribution in [0.4, 0.5) is 5.69 Å². The number of fused-ring (bicyclic) bond motifs is 1. The molecule has 1 aliphatic rings. The van der Waals surface area contributed by atoms with Crippen molar-refractivity contribution in [3.63, 3.8) is 0 Å². The predicted molar refractivity (Wildman–Crippen MR) is 85.2 cm³/mol. The van der Waals surface area contributed by atoms with Crippen molar-refractivity contribution in [1.82, 2.24) is 0 Å². The van der Waals surface area contributed by atoms with Crippen LogP contribution in [0.3, 0.4) is 0 Å². The quantitative estimate of drug-likeness (QED) is 0.904. The summed E-state index contributed by atoms with van der Waals surface area (Å²) in [5.41, 5.74) is 10.7. The normalized spacial score (nSPS) is 14.5. The molecule has 1 amide bonds. The van der Waals surface area contributed by atoms with Gasteiger partial charge in [0, 0.05) is 5.69 Å². The molecule has 0 radical (unpaired) electrons. The molecule has 0 heterocycles. The van der Waals surface area contributed by atoms with Gasteiger partial charge in [0.2, 0.25) is 5.91 Å². The molecular weight excluding hydrogens is 260 g/mol. The third kappa shape index (κ3) is 3.31. The number of carbonyl (C=O) groups is 1. The van der Waals surface area contributed by atoms with E-state index in [0.29, 0.717) is 6.42 Å². The van der Waals surface area contributed by atoms with Gasteiger partial charge in [0.05, 0.1) is 6.04 Å². The molecule has 0 saturated heterocycles. The molecule has 0 spiro atoms. The van der Waals surface area contributed by atoms with Gasteiger partial charge in [-0.1, -0.05) is 36.4 Å². The van der Waals surface area contributed by atoms with E-state index in [1.165, 1.54) is 17.5 Å². The first kappa shape index (κ1) is 13.8. The topological polar surface area (TPSA) is 55.1 Å². The van der Waals surface area contributed by atoms with Crippen LogP contribution >= 0.6 is 0 Å². The molecule has 3 N–H and O–H groups in total. The van der Waals surface area contributed by atoms with E-state index >= 15 is 0 Å². The van der Waals surface area contributed by atoms with E-state index in [1.54, 1.807) is 0 Å². The standard InChI is InChI=1S/C18H20N2O/c19-17(11-13-5-2-1-3-6-13)18(21)20-16-10-9-14-7-4-8-15(14)12-16/h1-3,5-6,9-10,12,17H,4,7-8,11,19H2,(H,20,21)/t17-/m0/s1. The molecule has 1 aliphatic carbocycles. The van der Waals surface area contributed by atoms with Crippen LogP contribution in [-0.2, 0) is 24.1 Å². The molecule has 2 aromatic carbocycles. The smallest absolute Gasteiger partial charge is 0.241 e. The molecule has 3 heteroatoms. The number of amides is 1. The van der Waals surface area contributed by atoms with Crippen molar-refractivity contribution < 1.29 is 4.79 Å². The van der Waals surface area contributed by atoms with E-state index in [0.717, 1.165) is 24.1 Å². The van der Waals surface area contributed by atoms with Crippen LogP contribution in [0.15, 0.2) is 48.5 Å². The summed E-state index contributed by atoms with van der Waals surface area (Å²) in [4.78, 5) is 12.2. The Morgan fingerprint density at radius 2 is 1.86 bits per heavy atom. The monoisotopic (exact) mass is 280 g/mol. The SMILES string of the molecule is N[C@@H](Cc1ccccc1)C(=O)Nc1ccc2c(c1)CCC2. The summed E-state index contributed by atoms with van der Waals surface area (Å²) in [5.74, 6) is -0.128. The first-order valence-electron chi connectivity index (χ1n) is 7.44. The van der Waals surface area contributed by atoms with Crippen molar-refractivity contribution in [2.75, 3.05) is 5.32 Å². The minimum atomic E-state index is -0.527. The van der Waals surface area contributed by atoms with Crippen molar-refractivity contribution in [3.05, 3.63) is 65.2 Å². The van der Waals surface area contributed by atoms with E-state index < -0.39 is 6.04 Å². The minimum Gasteiger partial charge on any atom is -0.325 e. The molecule has 0 aromatic heterocycles. The fourth-order valence-corrected chi connectivity index (χ4v) is 2.85. The number of rotatable bonds is 4. The Balaban J connectivity index is 1.63. The molecule has 0 aliphatic heterocycles. The molecular formula is C18H20N2O. The second-order valence-electron chi connectivity index (χ2n) is 5.62. The number of anilines is 1. The fourth-order valence-electron chi connectivity index (χ4n) is 2.85. The van der Waals surface area contributed by atoms with Crippen LogP contribution in [0.2, 0.25) is 0 Å². The Bertz CT molecular complexity index is 637. The van der Waals surface area contributed by atoms with Gasteiger partial charge in [0.25, 0.3) is 0 Å². The van der Waals surface area contributed by atoms with Crippen molar-refractivity contribution in [2.24, 2.45) is 5.73 Å². The molecule has 108 valence electrons. The van der Waals surface area contributed by atoms with Crippen molar-refractivity contribution in [3.8, 4) is 0 Å². The van der Waals surface area contributed by atoms with E-state index in [9.17, 15) is 4.79 Å². The zero-order valence-corrected chi connectivity index (χ0v) is 12.0. The van der Waals surface area contributed by atoms with Crippen LogP contribution in [0.1, 0.15) is 23.1 Å². The van der Waals surface area contributed by atoms with E-state index in [2.05, 4.69) is 17.4 Å². The Labute approximate surface area is 125 Å². The van der Waals surface area contributed by atoms with Gasteiger partial charge in [-0.05, 0) is 54.5 Å². The highest BCUT2D eigenvalue weighted by Crippen LogP contribution is 2.24. The van der Waals surface area contributed by atoms with Crippen LogP contribution < -0.4 is 11.1 Å². The number of carbonyl (C=O) groups excluding carboxylic acids is 1. The largest absolute Gasteiger partial charge is 0.325 e. The van der Waals surface area contributed by atoms with E-state index in [-0.39, 0.29) is 5.91 Å². The number of nitrogens with one attached hydrogen (secondary N) is 1. The van der Waals surface area contributed by atoms with Gasteiger partial charge in [0.1, 0.15) is 0 Å². The highest BCUT2D eigenvalue weighted by atomic mass is 16.2. The summed E-state index contributed by atoms with van der Waals surface area (Å²) >= 11 is 0. The van der Waals surface area contributed by atoms with Gasteiger partial charge >= 0.3 is 0 Å². The first-order chi connectivity index (χ1) is 10.2. The Kier molecular flexibility index (Phi) is 4.02. The van der Waals surface area contributed by atoms with Crippen LogP contribution in [0.5, 0.6) is 0 Å². The lowest BCUT2D eigenvalue weighted by molar-refractivity contribution is -0.117. The van der Waals surface area contributed by atoms with Crippen LogP contribution in [-0.4, -0.2) is 11.9 Å². The lowest BCUT2D eigenvalue weighted by Crippen LogP contribution is -2.37. The average molecular weight is 280 g/mol. The molecule has 0 unspecified atom stereocenters. The summed E-state index contributed by atoms with van der Waals surface area (Å²) in [7, 11) is 0. The van der Waals surface area contributed by atoms with E-state index in [1.807, 2.05) is 36.4 Å². The van der Waals surface area contributed by atoms with Gasteiger partial charge in [0.15, 0.2) is 0 Å². The zero-order chi connectivity index (χ0) is 14.7. The van der Waals surface area contributed by atoms with Crippen LogP contribution in [0, 0.1) is 0 Å². The summed E-state index contributed by atoms with van der Waals surface area (Å²) in [6.45, 7) is 0. The lowest BCUT2D eigenvalue weighted by atomic mass is 10.1. The van der Waals surface area contributed by atoms with Gasteiger partial charge in [-0.3, -0.25) is 4.79 Å². The zero-order valence-electron chi connectivity index (χ0n) is 12.0.